The number of aliphatic hydroxyl groups excluding tert-OH is 2. The number of amides is 1. The average molecular weight is 907 g/mol. The minimum atomic E-state index is -1.45. The summed E-state index contributed by atoms with van der Waals surface area (Å²) in [6.07, 6.45) is 17.4. The molecule has 8 rings (SSSR count). The highest BCUT2D eigenvalue weighted by atomic mass is 19.1. The number of carbonyl (C=O) groups is 2. The molecule has 7 atom stereocenters. The van der Waals surface area contributed by atoms with Crippen molar-refractivity contribution in [2.45, 2.75) is 133 Å². The first-order valence-electron chi connectivity index (χ1n) is 24.5. The summed E-state index contributed by atoms with van der Waals surface area (Å²) in [5, 5.41) is 25.0. The number of carbonyl (C=O) groups excluding carboxylic acids is 2. The van der Waals surface area contributed by atoms with E-state index in [1.807, 2.05) is 29.2 Å². The van der Waals surface area contributed by atoms with Crippen LogP contribution in [0.3, 0.4) is 0 Å². The lowest BCUT2D eigenvalue weighted by molar-refractivity contribution is -0.258. The lowest BCUT2D eigenvalue weighted by Gasteiger charge is -2.60. The van der Waals surface area contributed by atoms with Crippen LogP contribution in [0, 0.1) is 29.5 Å². The molecule has 3 aliphatic carbocycles. The fourth-order valence-electron chi connectivity index (χ4n) is 11.3. The predicted molar refractivity (Wildman–Crippen MR) is 250 cm³/mol. The molecule has 2 N–H and O–H groups in total. The van der Waals surface area contributed by atoms with Crippen molar-refractivity contribution in [2.24, 2.45) is 28.8 Å². The number of allylic oxidation sites excluding steroid dienone is 1. The number of unbranched alkanes of at least 4 members (excludes halogenated alkanes) is 2. The maximum atomic E-state index is 15.2. The van der Waals surface area contributed by atoms with E-state index in [2.05, 4.69) is 12.7 Å². The number of halogens is 1. The maximum absolute atomic E-state index is 15.2. The molecule has 5 aliphatic rings. The van der Waals surface area contributed by atoms with Crippen LogP contribution >= 0.6 is 0 Å². The van der Waals surface area contributed by atoms with E-state index < -0.39 is 24.0 Å². The molecule has 0 radical (unpaired) electrons. The van der Waals surface area contributed by atoms with Gasteiger partial charge in [-0.1, -0.05) is 80.1 Å². The zero-order valence-corrected chi connectivity index (χ0v) is 38.2. The fraction of sp³-hybridized carbons (Fsp3) is 0.537. The standard InChI is InChI=1S/C54H67FN2O9/c1-2-29-63-54-49(57(35-38-19-22-41(55)23-20-38)50(61)26-21-37-12-3-4-13-37)34-47(56-66-51-18-7-10-30-62-51)45-32-40(15-5-8-27-58)44(17-6-9-28-59)52(53(45)54)46-33-43(24-25-48(46)65-54)64-42-16-11-14-39(31-42)36-60/h2,11,14,16,19-20,22-25,31-33,36-37,40,44,49,51-53,58-59H,1,3-10,12-13,15,17-18,21,26-30,34-35H2/t40-,44+,49-,51?,52+,53+,54+/m0/s1. The van der Waals surface area contributed by atoms with E-state index in [9.17, 15) is 19.4 Å². The third-order valence-corrected chi connectivity index (χ3v) is 14.5. The molecular weight excluding hydrogens is 840 g/mol. The zero-order chi connectivity index (χ0) is 45.9. The molecule has 12 heteroatoms. The Morgan fingerprint density at radius 2 is 1.70 bits per heavy atom. The van der Waals surface area contributed by atoms with Crippen molar-refractivity contribution in [2.75, 3.05) is 26.4 Å². The molecule has 354 valence electrons. The number of hydrogen-bond donors (Lipinski definition) is 2. The van der Waals surface area contributed by atoms with Crippen LogP contribution in [0.25, 0.3) is 0 Å². The van der Waals surface area contributed by atoms with Gasteiger partial charge in [0.1, 0.15) is 35.4 Å². The van der Waals surface area contributed by atoms with E-state index in [-0.39, 0.29) is 62.3 Å². The van der Waals surface area contributed by atoms with E-state index in [0.29, 0.717) is 66.7 Å². The van der Waals surface area contributed by atoms with Gasteiger partial charge in [0, 0.05) is 56.1 Å². The Kier molecular flexibility index (Phi) is 16.4. The quantitative estimate of drug-likeness (QED) is 0.0437. The van der Waals surface area contributed by atoms with Crippen molar-refractivity contribution in [1.82, 2.24) is 4.90 Å². The van der Waals surface area contributed by atoms with Crippen molar-refractivity contribution < 1.29 is 48.0 Å². The average Bonchev–Trinajstić information content (AvgIpc) is 3.87. The predicted octanol–water partition coefficient (Wildman–Crippen LogP) is 10.6. The molecule has 0 aromatic heterocycles. The van der Waals surface area contributed by atoms with Gasteiger partial charge in [-0.3, -0.25) is 9.59 Å². The molecule has 0 bridgehead atoms. The molecule has 2 saturated carbocycles. The summed E-state index contributed by atoms with van der Waals surface area (Å²) < 4.78 is 41.6. The Morgan fingerprint density at radius 1 is 0.924 bits per heavy atom. The van der Waals surface area contributed by atoms with Gasteiger partial charge in [-0.25, -0.2) is 4.39 Å². The number of ether oxygens (including phenoxy) is 4. The number of aldehydes is 1. The van der Waals surface area contributed by atoms with Gasteiger partial charge >= 0.3 is 0 Å². The molecule has 2 aliphatic heterocycles. The second-order valence-corrected chi connectivity index (χ2v) is 18.8. The highest BCUT2D eigenvalue weighted by molar-refractivity contribution is 6.03. The molecule has 0 spiro atoms. The van der Waals surface area contributed by atoms with Crippen molar-refractivity contribution >= 4 is 17.9 Å². The highest BCUT2D eigenvalue weighted by Gasteiger charge is 2.65. The summed E-state index contributed by atoms with van der Waals surface area (Å²) in [5.41, 5.74) is 3.82. The first-order chi connectivity index (χ1) is 32.3. The van der Waals surface area contributed by atoms with Gasteiger partial charge in [0.15, 0.2) is 0 Å². The Bertz CT molecular complexity index is 2170. The van der Waals surface area contributed by atoms with Crippen LogP contribution in [0.2, 0.25) is 0 Å². The number of aliphatic hydroxyl groups is 2. The Balaban J connectivity index is 1.32. The lowest BCUT2D eigenvalue weighted by Crippen LogP contribution is -2.70. The molecule has 1 unspecified atom stereocenters. The highest BCUT2D eigenvalue weighted by Crippen LogP contribution is 2.62. The van der Waals surface area contributed by atoms with Gasteiger partial charge < -0.3 is 38.9 Å². The third-order valence-electron chi connectivity index (χ3n) is 14.5. The van der Waals surface area contributed by atoms with Gasteiger partial charge in [0.25, 0.3) is 0 Å². The Hall–Kier alpha value is -4.88. The van der Waals surface area contributed by atoms with Crippen LogP contribution in [-0.2, 0) is 25.7 Å². The summed E-state index contributed by atoms with van der Waals surface area (Å²) in [5.74, 6) is -0.390. The number of rotatable bonds is 22. The number of oxime groups is 1. The first kappa shape index (κ1) is 47.6. The molecule has 3 fully saturated rings. The van der Waals surface area contributed by atoms with Crippen molar-refractivity contribution in [3.63, 3.8) is 0 Å². The fourth-order valence-corrected chi connectivity index (χ4v) is 11.3. The minimum Gasteiger partial charge on any atom is -0.459 e. The van der Waals surface area contributed by atoms with Crippen LogP contribution in [0.1, 0.15) is 130 Å². The molecular formula is C54H67FN2O9. The first-order valence-corrected chi connectivity index (χ1v) is 24.5. The van der Waals surface area contributed by atoms with Gasteiger partial charge in [0.2, 0.25) is 18.0 Å². The van der Waals surface area contributed by atoms with Crippen LogP contribution in [0.4, 0.5) is 4.39 Å². The molecule has 1 saturated heterocycles. The summed E-state index contributed by atoms with van der Waals surface area (Å²) in [6.45, 7) is 5.15. The van der Waals surface area contributed by atoms with Crippen LogP contribution < -0.4 is 9.47 Å². The van der Waals surface area contributed by atoms with Gasteiger partial charge in [-0.15, -0.1) is 6.58 Å². The zero-order valence-electron chi connectivity index (χ0n) is 38.2. The Labute approximate surface area is 389 Å². The summed E-state index contributed by atoms with van der Waals surface area (Å²) >= 11 is 0. The molecule has 1 amide bonds. The largest absolute Gasteiger partial charge is 0.459 e. The van der Waals surface area contributed by atoms with Crippen molar-refractivity contribution in [3.8, 4) is 17.2 Å². The summed E-state index contributed by atoms with van der Waals surface area (Å²) in [7, 11) is 0. The number of hydrogen-bond acceptors (Lipinski definition) is 10. The van der Waals surface area contributed by atoms with Crippen LogP contribution in [0.15, 0.2) is 96.2 Å². The topological polar surface area (TPSA) is 136 Å². The van der Waals surface area contributed by atoms with E-state index in [1.165, 1.54) is 25.0 Å². The smallest absolute Gasteiger partial charge is 0.239 e. The lowest BCUT2D eigenvalue weighted by atomic mass is 9.55. The van der Waals surface area contributed by atoms with E-state index >= 15 is 4.79 Å². The minimum absolute atomic E-state index is 0.0122. The number of benzene rings is 3. The van der Waals surface area contributed by atoms with Gasteiger partial charge in [-0.2, -0.15) is 0 Å². The normalized spacial score (nSPS) is 26.4. The second kappa shape index (κ2) is 22.7. The van der Waals surface area contributed by atoms with Gasteiger partial charge in [0.05, 0.1) is 24.8 Å². The van der Waals surface area contributed by atoms with Gasteiger partial charge in [-0.05, 0) is 116 Å². The second-order valence-electron chi connectivity index (χ2n) is 18.8. The Morgan fingerprint density at radius 3 is 2.44 bits per heavy atom. The maximum Gasteiger partial charge on any atom is 0.239 e. The third kappa shape index (κ3) is 10.9. The van der Waals surface area contributed by atoms with E-state index in [4.69, 9.17) is 28.9 Å². The molecule has 66 heavy (non-hydrogen) atoms. The molecule has 2 heterocycles. The number of nitrogens with zero attached hydrogens (tertiary/aromatic N) is 2. The van der Waals surface area contributed by atoms with E-state index in [0.717, 1.165) is 80.8 Å². The van der Waals surface area contributed by atoms with Crippen LogP contribution in [0.5, 0.6) is 17.2 Å². The summed E-state index contributed by atoms with van der Waals surface area (Å²) in [4.78, 5) is 35.2. The molecule has 11 nitrogen and oxygen atoms in total. The molecule has 3 aromatic rings. The van der Waals surface area contributed by atoms with E-state index in [1.54, 1.807) is 36.4 Å². The number of fused-ring (bicyclic) bond motifs is 2. The monoisotopic (exact) mass is 906 g/mol. The van der Waals surface area contributed by atoms with Crippen LogP contribution in [-0.4, -0.2) is 77.6 Å². The SMILES string of the molecule is C=CCO[C@@]12Oc3ccc(Oc4cccc(C=O)c4)cc3[C@H]3[C@H](CCCCO)[C@@H](CCCCO)C=C(C(=NOC4CCCCO4)C[C@@H]1N(Cc1ccc(F)cc1)C(=O)CCC1CCCC1)[C@H]32. The van der Waals surface area contributed by atoms with Crippen molar-refractivity contribution in [3.05, 3.63) is 114 Å². The summed E-state index contributed by atoms with van der Waals surface area (Å²) in [6, 6.07) is 18.5. The molecule has 3 aromatic carbocycles. The van der Waals surface area contributed by atoms with Crippen molar-refractivity contribution in [1.29, 1.82) is 0 Å².